The fourth-order valence-electron chi connectivity index (χ4n) is 1.92. The molecule has 1 aliphatic rings. The van der Waals surface area contributed by atoms with Gasteiger partial charge in [0.15, 0.2) is 11.5 Å². The van der Waals surface area contributed by atoms with Crippen LogP contribution in [0.1, 0.15) is 10.4 Å². The highest BCUT2D eigenvalue weighted by Gasteiger charge is 2.22. The molecule has 0 atom stereocenters. The first kappa shape index (κ1) is 14.3. The highest BCUT2D eigenvalue weighted by atomic mass is 35.5. The number of carbonyl (C=O) groups is 1. The van der Waals surface area contributed by atoms with Gasteiger partial charge in [-0.15, -0.1) is 0 Å². The predicted molar refractivity (Wildman–Crippen MR) is 82.0 cm³/mol. The summed E-state index contributed by atoms with van der Waals surface area (Å²) < 4.78 is 10.5. The first-order valence-electron chi connectivity index (χ1n) is 5.91. The van der Waals surface area contributed by atoms with Gasteiger partial charge in [0.25, 0.3) is 5.91 Å². The van der Waals surface area contributed by atoms with Gasteiger partial charge in [0.05, 0.1) is 26.3 Å². The molecule has 4 nitrogen and oxygen atoms in total. The summed E-state index contributed by atoms with van der Waals surface area (Å²) in [5.41, 5.74) is 0.722. The van der Waals surface area contributed by atoms with E-state index in [1.165, 1.54) is 12.1 Å². The molecule has 2 aromatic carbocycles. The second-order valence-corrected chi connectivity index (χ2v) is 5.46. The lowest BCUT2D eigenvalue weighted by Crippen LogP contribution is -2.13. The van der Waals surface area contributed by atoms with Crippen LogP contribution in [0, 0.1) is 0 Å². The summed E-state index contributed by atoms with van der Waals surface area (Å²) in [6.45, 7) is 0.0904. The number of amides is 1. The van der Waals surface area contributed by atoms with Gasteiger partial charge < -0.3 is 14.8 Å². The fourth-order valence-corrected chi connectivity index (χ4v) is 2.51. The van der Waals surface area contributed by atoms with Crippen molar-refractivity contribution in [1.82, 2.24) is 0 Å². The molecule has 1 amide bonds. The van der Waals surface area contributed by atoms with E-state index in [2.05, 4.69) is 5.32 Å². The molecule has 1 heterocycles. The molecule has 0 fully saturated rings. The minimum absolute atomic E-state index is 0.0904. The molecule has 108 valence electrons. The van der Waals surface area contributed by atoms with Gasteiger partial charge >= 0.3 is 0 Å². The molecule has 0 bridgehead atoms. The van der Waals surface area contributed by atoms with E-state index in [-0.39, 0.29) is 12.7 Å². The van der Waals surface area contributed by atoms with Crippen LogP contribution in [0.4, 0.5) is 5.69 Å². The van der Waals surface area contributed by atoms with E-state index in [4.69, 9.17) is 44.3 Å². The number of halogens is 3. The van der Waals surface area contributed by atoms with Crippen LogP contribution >= 0.6 is 34.8 Å². The molecule has 2 aromatic rings. The van der Waals surface area contributed by atoms with E-state index < -0.39 is 0 Å². The Morgan fingerprint density at radius 1 is 1.05 bits per heavy atom. The molecule has 21 heavy (non-hydrogen) atoms. The lowest BCUT2D eigenvalue weighted by Gasteiger charge is -2.10. The van der Waals surface area contributed by atoms with E-state index in [0.717, 1.165) is 0 Å². The summed E-state index contributed by atoms with van der Waals surface area (Å²) in [6, 6.07) is 8.03. The Bertz CT molecular complexity index is 734. The maximum Gasteiger partial charge on any atom is 0.259 e. The first-order chi connectivity index (χ1) is 10.1. The second kappa shape index (κ2) is 5.64. The largest absolute Gasteiger partial charge is 0.454 e. The van der Waals surface area contributed by atoms with Gasteiger partial charge in [0.1, 0.15) is 0 Å². The third-order valence-corrected chi connectivity index (χ3v) is 3.93. The number of rotatable bonds is 2. The van der Waals surface area contributed by atoms with Gasteiger partial charge in [0.2, 0.25) is 6.79 Å². The molecular weight excluding hydrogens is 337 g/mol. The smallest absolute Gasteiger partial charge is 0.259 e. The Kier molecular flexibility index (Phi) is 3.85. The molecule has 0 spiro atoms. The topological polar surface area (TPSA) is 47.6 Å². The van der Waals surface area contributed by atoms with E-state index in [1.807, 2.05) is 0 Å². The van der Waals surface area contributed by atoms with Gasteiger partial charge in [0, 0.05) is 0 Å². The number of anilines is 1. The molecule has 0 unspecified atom stereocenters. The summed E-state index contributed by atoms with van der Waals surface area (Å²) in [7, 11) is 0. The van der Waals surface area contributed by atoms with E-state index in [0.29, 0.717) is 37.8 Å². The van der Waals surface area contributed by atoms with Crippen LogP contribution in [0.5, 0.6) is 11.5 Å². The van der Waals surface area contributed by atoms with Crippen molar-refractivity contribution in [3.8, 4) is 11.5 Å². The number of fused-ring (bicyclic) bond motifs is 1. The number of para-hydroxylation sites is 1. The van der Waals surface area contributed by atoms with Crippen LogP contribution in [0.3, 0.4) is 0 Å². The van der Waals surface area contributed by atoms with Crippen molar-refractivity contribution in [2.75, 3.05) is 12.1 Å². The lowest BCUT2D eigenvalue weighted by atomic mass is 10.1. The van der Waals surface area contributed by atoms with Crippen LogP contribution in [-0.2, 0) is 0 Å². The average molecular weight is 345 g/mol. The van der Waals surface area contributed by atoms with Gasteiger partial charge in [-0.25, -0.2) is 0 Å². The number of nitrogens with one attached hydrogen (secondary N) is 1. The molecule has 0 aliphatic carbocycles. The Balaban J connectivity index is 1.91. The van der Waals surface area contributed by atoms with Crippen molar-refractivity contribution in [3.63, 3.8) is 0 Å². The predicted octanol–water partition coefficient (Wildman–Crippen LogP) is 4.63. The minimum Gasteiger partial charge on any atom is -0.454 e. The highest BCUT2D eigenvalue weighted by Crippen LogP contribution is 2.37. The summed E-state index contributed by atoms with van der Waals surface area (Å²) >= 11 is 17.8. The summed E-state index contributed by atoms with van der Waals surface area (Å²) in [4.78, 5) is 12.3. The quantitative estimate of drug-likeness (QED) is 0.808. The van der Waals surface area contributed by atoms with Crippen molar-refractivity contribution in [3.05, 3.63) is 51.0 Å². The van der Waals surface area contributed by atoms with Gasteiger partial charge in [-0.2, -0.15) is 0 Å². The standard InChI is InChI=1S/C14H8Cl3NO3/c15-8-4-10(17)11(5-9(8)16)18-14(19)7-2-1-3-12-13(7)21-6-20-12/h1-5H,6H2,(H,18,19). The van der Waals surface area contributed by atoms with Gasteiger partial charge in [-0.1, -0.05) is 40.9 Å². The molecule has 0 saturated carbocycles. The molecule has 0 saturated heterocycles. The lowest BCUT2D eigenvalue weighted by molar-refractivity contribution is 0.102. The van der Waals surface area contributed by atoms with Crippen molar-refractivity contribution < 1.29 is 14.3 Å². The highest BCUT2D eigenvalue weighted by molar-refractivity contribution is 6.44. The number of carbonyl (C=O) groups excluding carboxylic acids is 1. The number of ether oxygens (including phenoxy) is 2. The summed E-state index contributed by atoms with van der Waals surface area (Å²) in [5, 5.41) is 3.59. The maximum atomic E-state index is 12.3. The van der Waals surface area contributed by atoms with Gasteiger partial charge in [-0.3, -0.25) is 4.79 Å². The molecular formula is C14H8Cl3NO3. The zero-order chi connectivity index (χ0) is 15.0. The molecule has 3 rings (SSSR count). The first-order valence-corrected chi connectivity index (χ1v) is 7.04. The monoisotopic (exact) mass is 343 g/mol. The number of benzene rings is 2. The Hall–Kier alpha value is -1.62. The van der Waals surface area contributed by atoms with Gasteiger partial charge in [-0.05, 0) is 24.3 Å². The molecule has 1 N–H and O–H groups in total. The fraction of sp³-hybridized carbons (Fsp3) is 0.0714. The van der Waals surface area contributed by atoms with Crippen LogP contribution in [0.15, 0.2) is 30.3 Å². The Labute approximate surface area is 135 Å². The molecule has 0 aromatic heterocycles. The summed E-state index contributed by atoms with van der Waals surface area (Å²) in [5.74, 6) is 0.562. The normalized spacial score (nSPS) is 12.3. The number of hydrogen-bond acceptors (Lipinski definition) is 3. The summed E-state index contributed by atoms with van der Waals surface area (Å²) in [6.07, 6.45) is 0. The number of hydrogen-bond donors (Lipinski definition) is 1. The third kappa shape index (κ3) is 2.75. The SMILES string of the molecule is O=C(Nc1cc(Cl)c(Cl)cc1Cl)c1cccc2c1OCO2. The van der Waals surface area contributed by atoms with E-state index in [1.54, 1.807) is 18.2 Å². The molecule has 0 radical (unpaired) electrons. The maximum absolute atomic E-state index is 12.3. The Morgan fingerprint density at radius 2 is 1.81 bits per heavy atom. The third-order valence-electron chi connectivity index (χ3n) is 2.90. The van der Waals surface area contributed by atoms with Crippen LogP contribution in [-0.4, -0.2) is 12.7 Å². The van der Waals surface area contributed by atoms with Crippen molar-refractivity contribution in [1.29, 1.82) is 0 Å². The average Bonchev–Trinajstić information content (AvgIpc) is 2.92. The van der Waals surface area contributed by atoms with Crippen LogP contribution in [0.2, 0.25) is 15.1 Å². The molecule has 1 aliphatic heterocycles. The van der Waals surface area contributed by atoms with E-state index in [9.17, 15) is 4.79 Å². The zero-order valence-corrected chi connectivity index (χ0v) is 12.7. The zero-order valence-electron chi connectivity index (χ0n) is 10.5. The van der Waals surface area contributed by atoms with Crippen LogP contribution in [0.25, 0.3) is 0 Å². The van der Waals surface area contributed by atoms with Crippen molar-refractivity contribution >= 4 is 46.4 Å². The van der Waals surface area contributed by atoms with Crippen LogP contribution < -0.4 is 14.8 Å². The molecule has 7 heteroatoms. The Morgan fingerprint density at radius 3 is 2.62 bits per heavy atom. The second-order valence-electron chi connectivity index (χ2n) is 4.24. The van der Waals surface area contributed by atoms with Crippen molar-refractivity contribution in [2.45, 2.75) is 0 Å². The van der Waals surface area contributed by atoms with Crippen molar-refractivity contribution in [2.24, 2.45) is 0 Å². The minimum atomic E-state index is -0.377. The van der Waals surface area contributed by atoms with E-state index >= 15 is 0 Å².